The van der Waals surface area contributed by atoms with Gasteiger partial charge >= 0.3 is 0 Å². The second-order valence-corrected chi connectivity index (χ2v) is 8.90. The van der Waals surface area contributed by atoms with Gasteiger partial charge in [0.25, 0.3) is 11.8 Å². The highest BCUT2D eigenvalue weighted by molar-refractivity contribution is 6.04. The summed E-state index contributed by atoms with van der Waals surface area (Å²) in [5, 5.41) is 5.78. The summed E-state index contributed by atoms with van der Waals surface area (Å²) in [6, 6.07) is 24.2. The van der Waals surface area contributed by atoms with Crippen LogP contribution in [0.4, 0.5) is 5.69 Å². The lowest BCUT2D eigenvalue weighted by Crippen LogP contribution is -2.38. The molecule has 188 valence electrons. The molecule has 3 aromatic rings. The molecule has 0 aromatic heterocycles. The van der Waals surface area contributed by atoms with Crippen molar-refractivity contribution >= 4 is 17.5 Å². The summed E-state index contributed by atoms with van der Waals surface area (Å²) in [5.74, 6) is 0.422. The number of nitrogens with zero attached hydrogens (tertiary/aromatic N) is 1. The molecule has 0 spiro atoms. The minimum Gasteiger partial charge on any atom is -0.492 e. The molecule has 0 radical (unpaired) electrons. The van der Waals surface area contributed by atoms with E-state index in [1.165, 1.54) is 0 Å². The van der Waals surface area contributed by atoms with Crippen LogP contribution in [0.1, 0.15) is 39.1 Å². The number of carbonyl (C=O) groups is 2. The average molecular weight is 488 g/mol. The van der Waals surface area contributed by atoms with Crippen LogP contribution in [0, 0.1) is 0 Å². The maximum atomic E-state index is 12.6. The Hall–Kier alpha value is -3.68. The van der Waals surface area contributed by atoms with E-state index in [2.05, 4.69) is 22.6 Å². The Morgan fingerprint density at radius 1 is 0.917 bits per heavy atom. The van der Waals surface area contributed by atoms with Gasteiger partial charge in [-0.05, 0) is 74.0 Å². The third kappa shape index (κ3) is 7.41. The number of nitrogens with one attached hydrogen (secondary N) is 2. The Labute approximate surface area is 212 Å². The van der Waals surface area contributed by atoms with Gasteiger partial charge in [0.1, 0.15) is 12.4 Å². The first-order valence-electron chi connectivity index (χ1n) is 12.3. The molecule has 0 saturated carbocycles. The van der Waals surface area contributed by atoms with E-state index in [0.29, 0.717) is 36.0 Å². The normalized spacial score (nSPS) is 13.8. The minimum atomic E-state index is -0.190. The molecule has 36 heavy (non-hydrogen) atoms. The van der Waals surface area contributed by atoms with Crippen molar-refractivity contribution in [2.24, 2.45) is 0 Å². The SMILES string of the molecule is CN(CCOc1cccc(CNC(=O)c2ccc(NC(=O)c3ccccc3)cc2)c1)C1CCOCC1. The first-order chi connectivity index (χ1) is 17.6. The standard InChI is InChI=1S/C29H33N3O4/c1-32(26-14-17-35-18-15-26)16-19-36-27-9-5-6-22(20-27)21-30-28(33)24-10-12-25(13-11-24)31-29(34)23-7-3-2-4-8-23/h2-13,20,26H,14-19,21H2,1H3,(H,30,33)(H,31,34). The molecule has 0 atom stereocenters. The monoisotopic (exact) mass is 487 g/mol. The van der Waals surface area contributed by atoms with Gasteiger partial charge in [0.15, 0.2) is 0 Å². The van der Waals surface area contributed by atoms with E-state index in [-0.39, 0.29) is 11.8 Å². The highest BCUT2D eigenvalue weighted by Gasteiger charge is 2.18. The Balaban J connectivity index is 1.22. The fraction of sp³-hybridized carbons (Fsp3) is 0.310. The Morgan fingerprint density at radius 2 is 1.64 bits per heavy atom. The number of hydrogen-bond acceptors (Lipinski definition) is 5. The fourth-order valence-corrected chi connectivity index (χ4v) is 4.14. The molecule has 4 rings (SSSR count). The second kappa shape index (κ2) is 12.9. The van der Waals surface area contributed by atoms with Gasteiger partial charge < -0.3 is 20.1 Å². The van der Waals surface area contributed by atoms with E-state index < -0.39 is 0 Å². The zero-order chi connectivity index (χ0) is 25.2. The summed E-state index contributed by atoms with van der Waals surface area (Å²) in [4.78, 5) is 27.2. The summed E-state index contributed by atoms with van der Waals surface area (Å²) in [6.07, 6.45) is 2.13. The van der Waals surface area contributed by atoms with Crippen LogP contribution in [0.5, 0.6) is 5.75 Å². The second-order valence-electron chi connectivity index (χ2n) is 8.90. The van der Waals surface area contributed by atoms with Crippen LogP contribution < -0.4 is 15.4 Å². The molecule has 1 aliphatic rings. The number of likely N-dealkylation sites (N-methyl/N-ethyl adjacent to an activating group) is 1. The third-order valence-corrected chi connectivity index (χ3v) is 6.32. The highest BCUT2D eigenvalue weighted by atomic mass is 16.5. The van der Waals surface area contributed by atoms with Crippen molar-refractivity contribution in [3.05, 3.63) is 95.6 Å². The topological polar surface area (TPSA) is 79.9 Å². The van der Waals surface area contributed by atoms with Crippen molar-refractivity contribution in [3.63, 3.8) is 0 Å². The van der Waals surface area contributed by atoms with Crippen LogP contribution in [0.15, 0.2) is 78.9 Å². The summed E-state index contributed by atoms with van der Waals surface area (Å²) in [6.45, 7) is 3.52. The largest absolute Gasteiger partial charge is 0.492 e. The van der Waals surface area contributed by atoms with Gasteiger partial charge in [-0.2, -0.15) is 0 Å². The quantitative estimate of drug-likeness (QED) is 0.444. The van der Waals surface area contributed by atoms with Gasteiger partial charge in [-0.3, -0.25) is 14.5 Å². The van der Waals surface area contributed by atoms with Gasteiger partial charge in [-0.1, -0.05) is 30.3 Å². The van der Waals surface area contributed by atoms with Gasteiger partial charge in [0.05, 0.1) is 0 Å². The smallest absolute Gasteiger partial charge is 0.255 e. The zero-order valence-corrected chi connectivity index (χ0v) is 20.6. The Kier molecular flexibility index (Phi) is 9.08. The van der Waals surface area contributed by atoms with Crippen LogP contribution >= 0.6 is 0 Å². The molecular weight excluding hydrogens is 454 g/mol. The van der Waals surface area contributed by atoms with E-state index >= 15 is 0 Å². The first kappa shape index (κ1) is 25.4. The molecule has 7 nitrogen and oxygen atoms in total. The molecule has 0 bridgehead atoms. The van der Waals surface area contributed by atoms with Gasteiger partial charge in [-0.25, -0.2) is 0 Å². The number of hydrogen-bond donors (Lipinski definition) is 2. The Morgan fingerprint density at radius 3 is 2.39 bits per heavy atom. The van der Waals surface area contributed by atoms with Crippen LogP contribution in [-0.4, -0.2) is 56.2 Å². The molecule has 0 unspecified atom stereocenters. The van der Waals surface area contributed by atoms with Crippen molar-refractivity contribution in [1.29, 1.82) is 0 Å². The minimum absolute atomic E-state index is 0.180. The van der Waals surface area contributed by atoms with Gasteiger partial charge in [-0.15, -0.1) is 0 Å². The molecule has 0 aliphatic carbocycles. The van der Waals surface area contributed by atoms with E-state index in [4.69, 9.17) is 9.47 Å². The van der Waals surface area contributed by atoms with Crippen LogP contribution in [0.2, 0.25) is 0 Å². The third-order valence-electron chi connectivity index (χ3n) is 6.32. The predicted molar refractivity (Wildman–Crippen MR) is 140 cm³/mol. The van der Waals surface area contributed by atoms with Crippen LogP contribution in [-0.2, 0) is 11.3 Å². The summed E-state index contributed by atoms with van der Waals surface area (Å²) in [7, 11) is 2.13. The molecular formula is C29H33N3O4. The molecule has 2 amide bonds. The molecule has 1 saturated heterocycles. The van der Waals surface area contributed by atoms with Crippen molar-refractivity contribution in [1.82, 2.24) is 10.2 Å². The van der Waals surface area contributed by atoms with E-state index in [0.717, 1.165) is 43.9 Å². The summed E-state index contributed by atoms with van der Waals surface area (Å²) < 4.78 is 11.4. The van der Waals surface area contributed by atoms with Crippen molar-refractivity contribution in [3.8, 4) is 5.75 Å². The molecule has 1 fully saturated rings. The molecule has 7 heteroatoms. The summed E-state index contributed by atoms with van der Waals surface area (Å²) in [5.41, 5.74) is 2.70. The highest BCUT2D eigenvalue weighted by Crippen LogP contribution is 2.16. The van der Waals surface area contributed by atoms with Gasteiger partial charge in [0, 0.05) is 49.2 Å². The zero-order valence-electron chi connectivity index (χ0n) is 20.6. The first-order valence-corrected chi connectivity index (χ1v) is 12.3. The molecule has 3 aromatic carbocycles. The lowest BCUT2D eigenvalue weighted by Gasteiger charge is -2.31. The van der Waals surface area contributed by atoms with E-state index in [9.17, 15) is 9.59 Å². The Bertz CT molecular complexity index is 1130. The number of amides is 2. The lowest BCUT2D eigenvalue weighted by molar-refractivity contribution is 0.0392. The predicted octanol–water partition coefficient (Wildman–Crippen LogP) is 4.36. The van der Waals surface area contributed by atoms with Crippen molar-refractivity contribution in [2.45, 2.75) is 25.4 Å². The number of carbonyl (C=O) groups excluding carboxylic acids is 2. The van der Waals surface area contributed by atoms with Crippen molar-refractivity contribution in [2.75, 3.05) is 38.7 Å². The maximum Gasteiger partial charge on any atom is 0.255 e. The molecule has 1 heterocycles. The number of benzene rings is 3. The van der Waals surface area contributed by atoms with Crippen molar-refractivity contribution < 1.29 is 19.1 Å². The number of rotatable bonds is 10. The fourth-order valence-electron chi connectivity index (χ4n) is 4.14. The number of anilines is 1. The average Bonchev–Trinajstić information content (AvgIpc) is 2.93. The molecule has 2 N–H and O–H groups in total. The number of ether oxygens (including phenoxy) is 2. The summed E-state index contributed by atoms with van der Waals surface area (Å²) >= 11 is 0. The molecule has 1 aliphatic heterocycles. The van der Waals surface area contributed by atoms with Crippen LogP contribution in [0.3, 0.4) is 0 Å². The van der Waals surface area contributed by atoms with Crippen LogP contribution in [0.25, 0.3) is 0 Å². The maximum absolute atomic E-state index is 12.6. The van der Waals surface area contributed by atoms with E-state index in [1.807, 2.05) is 42.5 Å². The van der Waals surface area contributed by atoms with E-state index in [1.54, 1.807) is 36.4 Å². The lowest BCUT2D eigenvalue weighted by atomic mass is 10.1. The van der Waals surface area contributed by atoms with Gasteiger partial charge in [0.2, 0.25) is 0 Å².